The van der Waals surface area contributed by atoms with Gasteiger partial charge in [0.1, 0.15) is 44.7 Å². The maximum atomic E-state index is 6.32. The summed E-state index contributed by atoms with van der Waals surface area (Å²) in [6.07, 6.45) is 9.16. The molecule has 36 rings (SSSR count). The molecule has 0 bridgehead atoms. The van der Waals surface area contributed by atoms with Crippen LogP contribution in [0.15, 0.2) is 431 Å². The van der Waals surface area contributed by atoms with Gasteiger partial charge in [0.05, 0.1) is 49.5 Å². The molecule has 0 aliphatic rings. The Kier molecular flexibility index (Phi) is 15.3. The first-order valence-electron chi connectivity index (χ1n) is 47.4. The minimum atomic E-state index is 0.930. The Morgan fingerprint density at radius 1 is 0.143 bits per heavy atom. The third-order valence-electron chi connectivity index (χ3n) is 30.2. The average Bonchev–Trinajstić information content (AvgIpc) is 1.54. The molecule has 36 aromatic rings. The molecule has 8 nitrogen and oxygen atoms in total. The van der Waals surface area contributed by atoms with E-state index in [1.54, 1.807) is 0 Å². The maximum Gasteiger partial charge on any atom is 0.137 e. The Hall–Kier alpha value is -17.4. The van der Waals surface area contributed by atoms with Gasteiger partial charge in [-0.1, -0.05) is 255 Å². The molecule has 648 valence electrons. The topological polar surface area (TPSA) is 70.2 Å². The third-order valence-corrected chi connectivity index (χ3v) is 34.8. The monoisotopic (exact) mass is 1850 g/mol. The number of pyridine rings is 4. The van der Waals surface area contributed by atoms with Gasteiger partial charge in [0, 0.05) is 235 Å². The molecule has 16 heterocycles. The molecule has 140 heavy (non-hydrogen) atoms. The number of aromatic nitrogens is 4. The normalized spacial score (nSPS) is 12.6. The zero-order chi connectivity index (χ0) is 90.7. The molecule has 0 aliphatic heterocycles. The number of hydrogen-bond acceptors (Lipinski definition) is 8. The summed E-state index contributed by atoms with van der Waals surface area (Å²) in [6.45, 7) is 0. The summed E-state index contributed by atoms with van der Waals surface area (Å²) in [5, 5.41) is 45.6. The number of nitrogens with zero attached hydrogens (tertiary/aromatic N) is 4. The van der Waals surface area contributed by atoms with Gasteiger partial charge in [-0.25, -0.2) is 0 Å². The van der Waals surface area contributed by atoms with Gasteiger partial charge in [-0.2, -0.15) is 0 Å². The smallest absolute Gasteiger partial charge is 0.137 e. The van der Waals surface area contributed by atoms with E-state index in [-0.39, 0.29) is 0 Å². The zero-order valence-electron chi connectivity index (χ0n) is 74.3. The molecule has 16 aromatic heterocycles. The van der Waals surface area contributed by atoms with Gasteiger partial charge in [0.2, 0.25) is 0 Å². The van der Waals surface area contributed by atoms with Crippen molar-refractivity contribution in [1.29, 1.82) is 0 Å². The number of furan rings is 4. The maximum absolute atomic E-state index is 6.32. The number of benzene rings is 20. The molecule has 0 fully saturated rings. The van der Waals surface area contributed by atoms with E-state index >= 15 is 0 Å². The van der Waals surface area contributed by atoms with Gasteiger partial charge in [0.25, 0.3) is 0 Å². The lowest BCUT2D eigenvalue weighted by Gasteiger charge is -2.12. The summed E-state index contributed by atoms with van der Waals surface area (Å²) in [5.74, 6) is 0. The van der Waals surface area contributed by atoms with Crippen molar-refractivity contribution in [3.05, 3.63) is 413 Å². The predicted octanol–water partition coefficient (Wildman–Crippen LogP) is 38.7. The molecular formula is C128H68N4O4S4. The molecule has 0 aliphatic carbocycles. The summed E-state index contributed by atoms with van der Waals surface area (Å²) in [4.78, 5) is 0. The first-order chi connectivity index (χ1) is 69.4. The van der Waals surface area contributed by atoms with E-state index in [9.17, 15) is 0 Å². The van der Waals surface area contributed by atoms with Crippen LogP contribution in [0.4, 0.5) is 0 Å². The highest BCUT2D eigenvalue weighted by Crippen LogP contribution is 2.53. The number of thiophene rings is 4. The molecule has 0 spiro atoms. The fourth-order valence-electron chi connectivity index (χ4n) is 24.2. The Morgan fingerprint density at radius 2 is 0.464 bits per heavy atom. The van der Waals surface area contributed by atoms with Crippen LogP contribution < -0.4 is 0 Å². The van der Waals surface area contributed by atoms with Crippen molar-refractivity contribution in [3.8, 4) is 0 Å². The van der Waals surface area contributed by atoms with Crippen LogP contribution in [0.2, 0.25) is 0 Å². The van der Waals surface area contributed by atoms with Crippen molar-refractivity contribution in [3.63, 3.8) is 0 Å². The minimum absolute atomic E-state index is 0.930. The SMILES string of the molecule is c1ccc2c(c1)cn1c3c(ccc4oc5ccccc5c43)c3ccc4c5ccccc5sc4c3c21.c1ccc2c(c1)cn1c3cc4oc5ccccc5c4cc3c3cc4sc5ccccc5c4cc3c21.c1ccc2c(c1)cn1c3ccc4oc5ccccc5c4c3c3cc4c(cc3c21)sc1ccccc14.c1ccc2c(c1)cn1c3ccc4oc5ccccc5c4c3c3cc4sc5ccccc5c4cc3c21. The van der Waals surface area contributed by atoms with E-state index in [0.29, 0.717) is 0 Å². The molecule has 20 aromatic carbocycles. The zero-order valence-corrected chi connectivity index (χ0v) is 77.6. The van der Waals surface area contributed by atoms with Crippen LogP contribution >= 0.6 is 45.3 Å². The van der Waals surface area contributed by atoms with E-state index in [2.05, 4.69) is 406 Å². The lowest BCUT2D eigenvalue weighted by Crippen LogP contribution is -1.91. The second-order valence-electron chi connectivity index (χ2n) is 37.4. The van der Waals surface area contributed by atoms with Gasteiger partial charge >= 0.3 is 0 Å². The van der Waals surface area contributed by atoms with Crippen LogP contribution in [0.3, 0.4) is 0 Å². The van der Waals surface area contributed by atoms with E-state index in [4.69, 9.17) is 17.7 Å². The third kappa shape index (κ3) is 10.4. The molecule has 12 heteroatoms. The Morgan fingerprint density at radius 3 is 0.971 bits per heavy atom. The molecule has 0 atom stereocenters. The van der Waals surface area contributed by atoms with Crippen LogP contribution in [0.1, 0.15) is 0 Å². The van der Waals surface area contributed by atoms with E-state index in [1.165, 1.54) is 270 Å². The number of hydrogen-bond donors (Lipinski definition) is 0. The van der Waals surface area contributed by atoms with E-state index in [0.717, 1.165) is 50.1 Å². The van der Waals surface area contributed by atoms with Crippen molar-refractivity contribution in [1.82, 2.24) is 17.6 Å². The molecule has 0 radical (unpaired) electrons. The van der Waals surface area contributed by atoms with Gasteiger partial charge in [-0.3, -0.25) is 0 Å². The van der Waals surface area contributed by atoms with Crippen LogP contribution in [-0.2, 0) is 0 Å². The van der Waals surface area contributed by atoms with Gasteiger partial charge in [-0.05, 0) is 149 Å². The summed E-state index contributed by atoms with van der Waals surface area (Å²) in [6, 6.07) is 140. The fourth-order valence-corrected chi connectivity index (χ4v) is 28.9. The van der Waals surface area contributed by atoms with Crippen LogP contribution in [-0.4, -0.2) is 17.6 Å². The van der Waals surface area contributed by atoms with Crippen LogP contribution in [0.25, 0.3) is 320 Å². The summed E-state index contributed by atoms with van der Waals surface area (Å²) >= 11 is 7.54. The highest BCUT2D eigenvalue weighted by molar-refractivity contribution is 7.27. The van der Waals surface area contributed by atoms with Crippen molar-refractivity contribution in [2.24, 2.45) is 0 Å². The van der Waals surface area contributed by atoms with Gasteiger partial charge in [-0.15, -0.1) is 45.3 Å². The lowest BCUT2D eigenvalue weighted by molar-refractivity contribution is 0.669. The van der Waals surface area contributed by atoms with Crippen LogP contribution in [0, 0.1) is 0 Å². The van der Waals surface area contributed by atoms with Crippen molar-refractivity contribution in [2.45, 2.75) is 0 Å². The second kappa shape index (κ2) is 28.2. The first-order valence-corrected chi connectivity index (χ1v) is 50.7. The Balaban J connectivity index is 0.0000000829. The van der Waals surface area contributed by atoms with Crippen molar-refractivity contribution >= 4 is 366 Å². The van der Waals surface area contributed by atoms with E-state index in [1.807, 2.05) is 69.6 Å². The Labute approximate surface area is 807 Å². The highest BCUT2D eigenvalue weighted by atomic mass is 32.1. The fraction of sp³-hybridized carbons (Fsp3) is 0. The molecule has 0 unspecified atom stereocenters. The molecule has 0 amide bonds. The van der Waals surface area contributed by atoms with Crippen LogP contribution in [0.5, 0.6) is 0 Å². The minimum Gasteiger partial charge on any atom is -0.456 e. The largest absolute Gasteiger partial charge is 0.456 e. The van der Waals surface area contributed by atoms with Crippen molar-refractivity contribution < 1.29 is 17.7 Å². The summed E-state index contributed by atoms with van der Waals surface area (Å²) in [5.41, 5.74) is 17.4. The quantitative estimate of drug-likeness (QED) is 0.142. The lowest BCUT2D eigenvalue weighted by atomic mass is 9.97. The molecule has 0 N–H and O–H groups in total. The van der Waals surface area contributed by atoms with Gasteiger partial charge in [0.15, 0.2) is 0 Å². The summed E-state index contributed by atoms with van der Waals surface area (Å²) in [7, 11) is 0. The van der Waals surface area contributed by atoms with E-state index < -0.39 is 0 Å². The molecule has 0 saturated carbocycles. The first kappa shape index (κ1) is 75.9. The number of fused-ring (bicyclic) bond motifs is 60. The van der Waals surface area contributed by atoms with Crippen molar-refractivity contribution in [2.75, 3.05) is 0 Å². The Bertz CT molecular complexity index is 12000. The average molecular weight is 1850 g/mol. The standard InChI is InChI=1S/4C32H17NOS/c1-2-8-19-18(7-1)17-33-25-13-14-27-31(21-10-3-5-11-26(21)34-27)30(25)23-16-29-22(15-24(23)32(19)33)20-9-4-6-12-28(20)35-29;1-2-8-19-18(7-1)17-33-25-13-14-27-31(21-10-3-5-11-26(21)34-27)30(25)23-15-22-20-9-4-6-12-28(20)35-29(22)16-24(23)32(19)33;1-2-8-19-18(7-1)17-33-30(19)29-21(13-14-23-20-9-4-6-12-27(20)35-32(23)29)22-15-16-26-28(31(22)33)24-10-3-5-11-25(24)34-26;1-2-8-19-18(7-1)17-33-27-16-29-24(20-9-3-5-11-28(20)34-29)13-23(27)22-15-31-25(14-26(22)32(19)33)21-10-4-6-12-30(21)35-31/h4*1-17H. The molecular weight excluding hydrogens is 1790 g/mol. The number of para-hydroxylation sites is 4. The summed E-state index contributed by atoms with van der Waals surface area (Å²) < 4.78 is 45.5. The number of rotatable bonds is 0. The second-order valence-corrected chi connectivity index (χ2v) is 41.7. The highest BCUT2D eigenvalue weighted by Gasteiger charge is 2.27. The molecule has 0 saturated heterocycles. The predicted molar refractivity (Wildman–Crippen MR) is 600 cm³/mol. The van der Waals surface area contributed by atoms with Gasteiger partial charge < -0.3 is 35.3 Å².